The van der Waals surface area contributed by atoms with Crippen molar-refractivity contribution in [3.8, 4) is 0 Å². The second-order valence-corrected chi connectivity index (χ2v) is 4.40. The molecular weight excluding hydrogens is 212 g/mol. The second kappa shape index (κ2) is 6.55. The molecule has 0 saturated carbocycles. The lowest BCUT2D eigenvalue weighted by Crippen LogP contribution is -2.24. The number of ether oxygens (including phenoxy) is 1. The maximum atomic E-state index is 12.3. The Morgan fingerprint density at radius 2 is 1.94 bits per heavy atom. The number of aryl methyl sites for hydroxylation is 2. The molecule has 0 spiro atoms. The predicted octanol–water partition coefficient (Wildman–Crippen LogP) is 3.69. The number of hydrogen-bond donors (Lipinski definition) is 0. The van der Waals surface area contributed by atoms with Crippen LogP contribution in [0.15, 0.2) is 18.2 Å². The molecular formula is C15H22O2. The van der Waals surface area contributed by atoms with E-state index in [2.05, 4.69) is 13.8 Å². The van der Waals surface area contributed by atoms with Crippen LogP contribution in [0, 0.1) is 13.8 Å². The molecule has 2 heteroatoms. The van der Waals surface area contributed by atoms with Crippen LogP contribution in [0.25, 0.3) is 0 Å². The Morgan fingerprint density at radius 1 is 1.24 bits per heavy atom. The van der Waals surface area contributed by atoms with E-state index < -0.39 is 0 Å². The van der Waals surface area contributed by atoms with Gasteiger partial charge in [-0.3, -0.25) is 4.79 Å². The van der Waals surface area contributed by atoms with Crippen molar-refractivity contribution in [1.82, 2.24) is 0 Å². The van der Waals surface area contributed by atoms with Crippen molar-refractivity contribution in [1.29, 1.82) is 0 Å². The summed E-state index contributed by atoms with van der Waals surface area (Å²) in [5.74, 6) is 0.108. The number of carbonyl (C=O) groups is 1. The lowest BCUT2D eigenvalue weighted by atomic mass is 9.99. The number of benzene rings is 1. The first-order valence-corrected chi connectivity index (χ1v) is 6.33. The Balaban J connectivity index is 2.88. The summed E-state index contributed by atoms with van der Waals surface area (Å²) in [4.78, 5) is 12.3. The van der Waals surface area contributed by atoms with E-state index in [9.17, 15) is 4.79 Å². The van der Waals surface area contributed by atoms with Crippen molar-refractivity contribution in [3.05, 3.63) is 34.9 Å². The van der Waals surface area contributed by atoms with Crippen LogP contribution in [0.4, 0.5) is 0 Å². The minimum atomic E-state index is -0.285. The molecule has 1 rings (SSSR count). The first-order valence-electron chi connectivity index (χ1n) is 6.33. The van der Waals surface area contributed by atoms with Crippen LogP contribution in [0.1, 0.15) is 48.2 Å². The van der Waals surface area contributed by atoms with Crippen molar-refractivity contribution in [3.63, 3.8) is 0 Å². The minimum Gasteiger partial charge on any atom is -0.370 e. The fraction of sp³-hybridized carbons (Fsp3) is 0.533. The number of carbonyl (C=O) groups excluding carboxylic acids is 1. The van der Waals surface area contributed by atoms with Crippen LogP contribution in [0.5, 0.6) is 0 Å². The van der Waals surface area contributed by atoms with Crippen LogP contribution in [-0.2, 0) is 4.74 Å². The van der Waals surface area contributed by atoms with Crippen molar-refractivity contribution in [2.45, 2.75) is 46.6 Å². The monoisotopic (exact) mass is 234 g/mol. The van der Waals surface area contributed by atoms with E-state index in [1.165, 1.54) is 5.56 Å². The third-order valence-corrected chi connectivity index (χ3v) is 3.00. The fourth-order valence-corrected chi connectivity index (χ4v) is 1.83. The lowest BCUT2D eigenvalue weighted by Gasteiger charge is -2.15. The molecule has 17 heavy (non-hydrogen) atoms. The molecule has 0 N–H and O–H groups in total. The van der Waals surface area contributed by atoms with Gasteiger partial charge in [0.05, 0.1) is 0 Å². The van der Waals surface area contributed by atoms with Crippen LogP contribution in [0.2, 0.25) is 0 Å². The topological polar surface area (TPSA) is 26.3 Å². The highest BCUT2D eigenvalue weighted by Crippen LogP contribution is 2.15. The summed E-state index contributed by atoms with van der Waals surface area (Å²) in [5, 5.41) is 0. The van der Waals surface area contributed by atoms with Gasteiger partial charge in [-0.1, -0.05) is 25.5 Å². The maximum absolute atomic E-state index is 12.3. The van der Waals surface area contributed by atoms with Gasteiger partial charge < -0.3 is 4.74 Å². The molecule has 0 fully saturated rings. The Kier molecular flexibility index (Phi) is 5.36. The number of hydrogen-bond acceptors (Lipinski definition) is 2. The standard InChI is InChI=1S/C15H22O2/c1-5-7-14(17-6-2)15(16)13-9-8-11(3)12(4)10-13/h8-10,14H,5-7H2,1-4H3. The predicted molar refractivity (Wildman–Crippen MR) is 70.6 cm³/mol. The SMILES string of the molecule is CCCC(OCC)C(=O)c1ccc(C)c(C)c1. The molecule has 0 saturated heterocycles. The molecule has 1 aromatic carbocycles. The largest absolute Gasteiger partial charge is 0.370 e. The average molecular weight is 234 g/mol. The number of rotatable bonds is 6. The van der Waals surface area contributed by atoms with Crippen molar-refractivity contribution in [2.24, 2.45) is 0 Å². The Hall–Kier alpha value is -1.15. The Morgan fingerprint density at radius 3 is 2.47 bits per heavy atom. The molecule has 0 amide bonds. The van der Waals surface area contributed by atoms with E-state index in [1.54, 1.807) is 0 Å². The molecule has 1 unspecified atom stereocenters. The summed E-state index contributed by atoms with van der Waals surface area (Å²) in [7, 11) is 0. The van der Waals surface area contributed by atoms with E-state index >= 15 is 0 Å². The van der Waals surface area contributed by atoms with Crippen LogP contribution in [-0.4, -0.2) is 18.5 Å². The van der Waals surface area contributed by atoms with Gasteiger partial charge in [-0.2, -0.15) is 0 Å². The lowest BCUT2D eigenvalue weighted by molar-refractivity contribution is 0.0423. The van der Waals surface area contributed by atoms with Crippen molar-refractivity contribution in [2.75, 3.05) is 6.61 Å². The van der Waals surface area contributed by atoms with Gasteiger partial charge >= 0.3 is 0 Å². The molecule has 94 valence electrons. The second-order valence-electron chi connectivity index (χ2n) is 4.40. The highest BCUT2D eigenvalue weighted by molar-refractivity contribution is 5.99. The zero-order valence-electron chi connectivity index (χ0n) is 11.2. The molecule has 0 heterocycles. The van der Waals surface area contributed by atoms with E-state index in [0.29, 0.717) is 6.61 Å². The third-order valence-electron chi connectivity index (χ3n) is 3.00. The molecule has 0 aliphatic carbocycles. The fourth-order valence-electron chi connectivity index (χ4n) is 1.83. The molecule has 0 radical (unpaired) electrons. The summed E-state index contributed by atoms with van der Waals surface area (Å²) in [6.45, 7) is 8.66. The maximum Gasteiger partial charge on any atom is 0.191 e. The van der Waals surface area contributed by atoms with Crippen LogP contribution < -0.4 is 0 Å². The first-order chi connectivity index (χ1) is 8.10. The third kappa shape index (κ3) is 3.67. The molecule has 0 aromatic heterocycles. The molecule has 1 aromatic rings. The minimum absolute atomic E-state index is 0.108. The highest BCUT2D eigenvalue weighted by atomic mass is 16.5. The van der Waals surface area contributed by atoms with Gasteiger partial charge in [0.15, 0.2) is 5.78 Å². The zero-order valence-corrected chi connectivity index (χ0v) is 11.2. The molecule has 0 bridgehead atoms. The van der Waals surface area contributed by atoms with Crippen molar-refractivity contribution >= 4 is 5.78 Å². The quantitative estimate of drug-likeness (QED) is 0.702. The highest BCUT2D eigenvalue weighted by Gasteiger charge is 2.19. The van der Waals surface area contributed by atoms with Crippen LogP contribution >= 0.6 is 0 Å². The Labute approximate surface area is 104 Å². The van der Waals surface area contributed by atoms with Gasteiger partial charge in [0.25, 0.3) is 0 Å². The number of Topliss-reactive ketones (excluding diaryl/α,β-unsaturated/α-hetero) is 1. The normalized spacial score (nSPS) is 12.5. The van der Waals surface area contributed by atoms with Crippen LogP contribution in [0.3, 0.4) is 0 Å². The van der Waals surface area contributed by atoms with E-state index in [0.717, 1.165) is 24.0 Å². The van der Waals surface area contributed by atoms with E-state index in [4.69, 9.17) is 4.74 Å². The summed E-state index contributed by atoms with van der Waals surface area (Å²) in [5.41, 5.74) is 3.13. The van der Waals surface area contributed by atoms with E-state index in [-0.39, 0.29) is 11.9 Å². The molecule has 1 atom stereocenters. The summed E-state index contributed by atoms with van der Waals surface area (Å²) < 4.78 is 5.52. The number of ketones is 1. The summed E-state index contributed by atoms with van der Waals surface area (Å²) in [6, 6.07) is 5.85. The smallest absolute Gasteiger partial charge is 0.191 e. The average Bonchev–Trinajstić information content (AvgIpc) is 2.31. The van der Waals surface area contributed by atoms with Gasteiger partial charge in [-0.05, 0) is 44.4 Å². The van der Waals surface area contributed by atoms with Gasteiger partial charge in [0.1, 0.15) is 6.10 Å². The van der Waals surface area contributed by atoms with Gasteiger partial charge in [-0.15, -0.1) is 0 Å². The molecule has 0 aliphatic heterocycles. The Bertz CT molecular complexity index is 377. The molecule has 2 nitrogen and oxygen atoms in total. The molecule has 0 aliphatic rings. The summed E-state index contributed by atoms with van der Waals surface area (Å²) in [6.07, 6.45) is 1.47. The summed E-state index contributed by atoms with van der Waals surface area (Å²) >= 11 is 0. The van der Waals surface area contributed by atoms with Gasteiger partial charge in [0.2, 0.25) is 0 Å². The van der Waals surface area contributed by atoms with E-state index in [1.807, 2.05) is 32.0 Å². The van der Waals surface area contributed by atoms with Crippen molar-refractivity contribution < 1.29 is 9.53 Å². The van der Waals surface area contributed by atoms with Gasteiger partial charge in [-0.25, -0.2) is 0 Å². The first kappa shape index (κ1) is 13.9. The zero-order chi connectivity index (χ0) is 12.8. The van der Waals surface area contributed by atoms with Gasteiger partial charge in [0, 0.05) is 12.2 Å².